The van der Waals surface area contributed by atoms with Gasteiger partial charge in [-0.1, -0.05) is 31.0 Å². The summed E-state index contributed by atoms with van der Waals surface area (Å²) in [7, 11) is 0. The quantitative estimate of drug-likeness (QED) is 0.602. The molecule has 1 aliphatic carbocycles. The molecule has 0 N–H and O–H groups in total. The lowest BCUT2D eigenvalue weighted by atomic mass is 9.96. The monoisotopic (exact) mass is 322 g/mol. The Morgan fingerprint density at radius 3 is 2.73 bits per heavy atom. The van der Waals surface area contributed by atoms with Gasteiger partial charge in [-0.15, -0.1) is 5.10 Å². The van der Waals surface area contributed by atoms with E-state index in [4.69, 9.17) is 4.74 Å². The predicted octanol–water partition coefficient (Wildman–Crippen LogP) is 3.49. The molecule has 0 spiro atoms. The number of aromatic nitrogens is 4. The van der Waals surface area contributed by atoms with Gasteiger partial charge in [-0.3, -0.25) is 0 Å². The molecule has 7 heteroatoms. The molecule has 0 saturated heterocycles. The van der Waals surface area contributed by atoms with Crippen LogP contribution in [-0.2, 0) is 0 Å². The number of rotatable bonds is 6. The largest absolute Gasteiger partial charge is 0.493 e. The molecule has 1 aliphatic rings. The first-order valence-corrected chi connectivity index (χ1v) is 8.60. The lowest BCUT2D eigenvalue weighted by Gasteiger charge is -2.21. The summed E-state index contributed by atoms with van der Waals surface area (Å²) < 4.78 is 20.3. The summed E-state index contributed by atoms with van der Waals surface area (Å²) in [4.78, 5) is 0. The van der Waals surface area contributed by atoms with Crippen molar-refractivity contribution in [2.75, 3.05) is 12.4 Å². The average molecular weight is 322 g/mol. The molecule has 0 radical (unpaired) electrons. The van der Waals surface area contributed by atoms with Gasteiger partial charge in [0.1, 0.15) is 11.6 Å². The van der Waals surface area contributed by atoms with Crippen LogP contribution in [0, 0.1) is 5.82 Å². The van der Waals surface area contributed by atoms with Crippen LogP contribution in [0.5, 0.6) is 5.75 Å². The van der Waals surface area contributed by atoms with Gasteiger partial charge in [0.15, 0.2) is 0 Å². The second kappa shape index (κ2) is 7.58. The number of hydrogen-bond acceptors (Lipinski definition) is 5. The SMILES string of the molecule is Fc1ccc(OCCSc2nnnn2C2CCCCC2)cc1. The fourth-order valence-corrected chi connectivity index (χ4v) is 3.42. The Kier molecular flexibility index (Phi) is 5.26. The first-order chi connectivity index (χ1) is 10.8. The van der Waals surface area contributed by atoms with E-state index in [1.165, 1.54) is 31.4 Å². The van der Waals surface area contributed by atoms with Crippen LogP contribution in [0.3, 0.4) is 0 Å². The van der Waals surface area contributed by atoms with Crippen molar-refractivity contribution in [1.29, 1.82) is 0 Å². The first kappa shape index (κ1) is 15.3. The third-order valence-corrected chi connectivity index (χ3v) is 4.68. The molecule has 22 heavy (non-hydrogen) atoms. The summed E-state index contributed by atoms with van der Waals surface area (Å²) >= 11 is 1.60. The topological polar surface area (TPSA) is 52.8 Å². The maximum absolute atomic E-state index is 12.8. The maximum atomic E-state index is 12.8. The van der Waals surface area contributed by atoms with Gasteiger partial charge in [-0.25, -0.2) is 9.07 Å². The Morgan fingerprint density at radius 2 is 1.95 bits per heavy atom. The van der Waals surface area contributed by atoms with Gasteiger partial charge in [0.25, 0.3) is 0 Å². The van der Waals surface area contributed by atoms with Crippen molar-refractivity contribution >= 4 is 11.8 Å². The highest BCUT2D eigenvalue weighted by Gasteiger charge is 2.20. The second-order valence-corrected chi connectivity index (χ2v) is 6.41. The molecule has 1 saturated carbocycles. The van der Waals surface area contributed by atoms with E-state index in [9.17, 15) is 4.39 Å². The number of hydrogen-bond donors (Lipinski definition) is 0. The molecule has 2 aromatic rings. The van der Waals surface area contributed by atoms with Crippen molar-refractivity contribution in [3.63, 3.8) is 0 Å². The van der Waals surface area contributed by atoms with E-state index in [0.29, 0.717) is 18.4 Å². The number of nitrogens with zero attached hydrogens (tertiary/aromatic N) is 4. The fourth-order valence-electron chi connectivity index (χ4n) is 2.66. The van der Waals surface area contributed by atoms with E-state index in [2.05, 4.69) is 15.5 Å². The van der Waals surface area contributed by atoms with Crippen LogP contribution in [-0.4, -0.2) is 32.6 Å². The van der Waals surface area contributed by atoms with Crippen molar-refractivity contribution in [3.05, 3.63) is 30.1 Å². The molecule has 118 valence electrons. The van der Waals surface area contributed by atoms with E-state index in [1.807, 2.05) is 4.68 Å². The van der Waals surface area contributed by atoms with Gasteiger partial charge in [0.2, 0.25) is 5.16 Å². The number of ether oxygens (including phenoxy) is 1. The molecule has 0 unspecified atom stereocenters. The maximum Gasteiger partial charge on any atom is 0.209 e. The first-order valence-electron chi connectivity index (χ1n) is 7.62. The molecule has 0 aliphatic heterocycles. The highest BCUT2D eigenvalue weighted by molar-refractivity contribution is 7.99. The van der Waals surface area contributed by atoms with Crippen molar-refractivity contribution < 1.29 is 9.13 Å². The minimum atomic E-state index is -0.256. The van der Waals surface area contributed by atoms with E-state index >= 15 is 0 Å². The van der Waals surface area contributed by atoms with Crippen molar-refractivity contribution in [2.45, 2.75) is 43.3 Å². The molecule has 1 aromatic carbocycles. The summed E-state index contributed by atoms with van der Waals surface area (Å²) in [5.41, 5.74) is 0. The zero-order valence-electron chi connectivity index (χ0n) is 12.3. The molecular formula is C15H19FN4OS. The van der Waals surface area contributed by atoms with Crippen molar-refractivity contribution in [3.8, 4) is 5.75 Å². The van der Waals surface area contributed by atoms with Gasteiger partial charge in [-0.05, 0) is 47.5 Å². The molecule has 3 rings (SSSR count). The van der Waals surface area contributed by atoms with Crippen LogP contribution in [0.2, 0.25) is 0 Å². The molecule has 5 nitrogen and oxygen atoms in total. The summed E-state index contributed by atoms with van der Waals surface area (Å²) in [5.74, 6) is 1.17. The Balaban J connectivity index is 1.47. The van der Waals surface area contributed by atoms with Gasteiger partial charge in [-0.2, -0.15) is 0 Å². The number of thioether (sulfide) groups is 1. The lowest BCUT2D eigenvalue weighted by molar-refractivity contribution is 0.307. The van der Waals surface area contributed by atoms with Crippen LogP contribution in [0.1, 0.15) is 38.1 Å². The molecule has 1 aromatic heterocycles. The zero-order valence-corrected chi connectivity index (χ0v) is 13.1. The molecule has 0 atom stereocenters. The Bertz CT molecular complexity index is 583. The van der Waals surface area contributed by atoms with Crippen molar-refractivity contribution in [2.24, 2.45) is 0 Å². The number of halogens is 1. The zero-order chi connectivity index (χ0) is 15.2. The lowest BCUT2D eigenvalue weighted by Crippen LogP contribution is -2.15. The van der Waals surface area contributed by atoms with Crippen LogP contribution >= 0.6 is 11.8 Å². The molecule has 0 amide bonds. The Morgan fingerprint density at radius 1 is 1.18 bits per heavy atom. The minimum absolute atomic E-state index is 0.256. The third kappa shape index (κ3) is 3.97. The predicted molar refractivity (Wildman–Crippen MR) is 82.6 cm³/mol. The number of tetrazole rings is 1. The van der Waals surface area contributed by atoms with Gasteiger partial charge in [0.05, 0.1) is 12.6 Å². The minimum Gasteiger partial charge on any atom is -0.493 e. The van der Waals surface area contributed by atoms with Gasteiger partial charge < -0.3 is 4.74 Å². The highest BCUT2D eigenvalue weighted by Crippen LogP contribution is 2.30. The van der Waals surface area contributed by atoms with Crippen molar-refractivity contribution in [1.82, 2.24) is 20.2 Å². The normalized spacial score (nSPS) is 15.9. The van der Waals surface area contributed by atoms with E-state index in [-0.39, 0.29) is 5.82 Å². The molecule has 1 fully saturated rings. The highest BCUT2D eigenvalue weighted by atomic mass is 32.2. The Hall–Kier alpha value is -1.63. The molecule has 0 bridgehead atoms. The summed E-state index contributed by atoms with van der Waals surface area (Å²) in [6.45, 7) is 0.536. The van der Waals surface area contributed by atoms with Crippen LogP contribution in [0.4, 0.5) is 4.39 Å². The standard InChI is InChI=1S/C15H19FN4OS/c16-12-6-8-14(9-7-12)21-10-11-22-15-17-18-19-20(15)13-4-2-1-3-5-13/h6-9,13H,1-5,10-11H2. The van der Waals surface area contributed by atoms with Crippen LogP contribution in [0.15, 0.2) is 29.4 Å². The molecular weight excluding hydrogens is 303 g/mol. The average Bonchev–Trinajstić information content (AvgIpc) is 3.02. The van der Waals surface area contributed by atoms with E-state index in [1.54, 1.807) is 23.9 Å². The van der Waals surface area contributed by atoms with E-state index < -0.39 is 0 Å². The molecule has 1 heterocycles. The smallest absolute Gasteiger partial charge is 0.209 e. The fraction of sp³-hybridized carbons (Fsp3) is 0.533. The van der Waals surface area contributed by atoms with Crippen LogP contribution < -0.4 is 4.74 Å². The number of benzene rings is 1. The summed E-state index contributed by atoms with van der Waals surface area (Å²) in [6.07, 6.45) is 6.13. The third-order valence-electron chi connectivity index (χ3n) is 3.78. The summed E-state index contributed by atoms with van der Waals surface area (Å²) in [6, 6.07) is 6.49. The van der Waals surface area contributed by atoms with Gasteiger partial charge >= 0.3 is 0 Å². The van der Waals surface area contributed by atoms with Gasteiger partial charge in [0, 0.05) is 5.75 Å². The summed E-state index contributed by atoms with van der Waals surface area (Å²) in [5, 5.41) is 12.9. The van der Waals surface area contributed by atoms with E-state index in [0.717, 1.165) is 23.8 Å². The Labute approximate surface area is 133 Å². The second-order valence-electron chi connectivity index (χ2n) is 5.35. The van der Waals surface area contributed by atoms with Crippen LogP contribution in [0.25, 0.3) is 0 Å².